The van der Waals surface area contributed by atoms with E-state index in [0.717, 1.165) is 25.3 Å². The van der Waals surface area contributed by atoms with Gasteiger partial charge in [-0.15, -0.1) is 0 Å². The molecule has 0 spiro atoms. The molecule has 0 amide bonds. The Labute approximate surface area is 107 Å². The highest BCUT2D eigenvalue weighted by atomic mass is 35.5. The summed E-state index contributed by atoms with van der Waals surface area (Å²) in [6.07, 6.45) is 3.90. The Morgan fingerprint density at radius 2 is 2.35 bits per heavy atom. The first-order chi connectivity index (χ1) is 8.29. The smallest absolute Gasteiger partial charge is 0.137 e. The van der Waals surface area contributed by atoms with Crippen molar-refractivity contribution >= 4 is 17.3 Å². The molecule has 0 aliphatic carbocycles. The van der Waals surface area contributed by atoms with E-state index in [-0.39, 0.29) is 0 Å². The number of nitrogens with one attached hydrogen (secondary N) is 1. The molecule has 1 aromatic rings. The van der Waals surface area contributed by atoms with E-state index in [1.54, 1.807) is 7.11 Å². The lowest BCUT2D eigenvalue weighted by atomic mass is 10.1. The van der Waals surface area contributed by atoms with Gasteiger partial charge in [0.05, 0.1) is 18.2 Å². The van der Waals surface area contributed by atoms with Crippen LogP contribution in [-0.4, -0.2) is 26.4 Å². The zero-order valence-electron chi connectivity index (χ0n) is 10.0. The van der Waals surface area contributed by atoms with Crippen molar-refractivity contribution in [3.8, 4) is 5.75 Å². The fourth-order valence-corrected chi connectivity index (χ4v) is 2.23. The molecule has 1 N–H and O–H groups in total. The number of ether oxygens (including phenoxy) is 2. The zero-order valence-corrected chi connectivity index (χ0v) is 10.8. The van der Waals surface area contributed by atoms with Crippen molar-refractivity contribution in [2.75, 3.05) is 25.6 Å². The van der Waals surface area contributed by atoms with Crippen molar-refractivity contribution < 1.29 is 9.47 Å². The molecule has 1 aliphatic rings. The van der Waals surface area contributed by atoms with Gasteiger partial charge in [-0.3, -0.25) is 0 Å². The second-order valence-electron chi connectivity index (χ2n) is 4.22. The summed E-state index contributed by atoms with van der Waals surface area (Å²) in [6, 6.07) is 5.71. The summed E-state index contributed by atoms with van der Waals surface area (Å²) < 4.78 is 10.8. The van der Waals surface area contributed by atoms with Gasteiger partial charge in [0.1, 0.15) is 5.75 Å². The Morgan fingerprint density at radius 3 is 3.00 bits per heavy atom. The highest BCUT2D eigenvalue weighted by molar-refractivity contribution is 6.32. The van der Waals surface area contributed by atoms with E-state index < -0.39 is 0 Å². The summed E-state index contributed by atoms with van der Waals surface area (Å²) in [4.78, 5) is 0. The summed E-state index contributed by atoms with van der Waals surface area (Å²) >= 11 is 6.05. The quantitative estimate of drug-likeness (QED) is 0.895. The van der Waals surface area contributed by atoms with E-state index in [0.29, 0.717) is 16.9 Å². The van der Waals surface area contributed by atoms with Gasteiger partial charge < -0.3 is 14.8 Å². The van der Waals surface area contributed by atoms with Crippen LogP contribution in [0.25, 0.3) is 0 Å². The summed E-state index contributed by atoms with van der Waals surface area (Å²) in [5.74, 6) is 0.700. The van der Waals surface area contributed by atoms with Crippen molar-refractivity contribution in [2.45, 2.75) is 25.4 Å². The second-order valence-corrected chi connectivity index (χ2v) is 4.63. The van der Waals surface area contributed by atoms with Crippen LogP contribution in [0.2, 0.25) is 5.02 Å². The number of hydrogen-bond acceptors (Lipinski definition) is 3. The molecule has 2 rings (SSSR count). The van der Waals surface area contributed by atoms with Crippen LogP contribution in [0.3, 0.4) is 0 Å². The lowest BCUT2D eigenvalue weighted by molar-refractivity contribution is 0.0247. The molecule has 1 fully saturated rings. The van der Waals surface area contributed by atoms with Gasteiger partial charge in [-0.2, -0.15) is 0 Å². The molecule has 1 atom stereocenters. The van der Waals surface area contributed by atoms with E-state index in [2.05, 4.69) is 5.32 Å². The summed E-state index contributed by atoms with van der Waals surface area (Å²) in [7, 11) is 1.62. The average Bonchev–Trinajstić information content (AvgIpc) is 2.38. The predicted molar refractivity (Wildman–Crippen MR) is 70.1 cm³/mol. The van der Waals surface area contributed by atoms with Gasteiger partial charge >= 0.3 is 0 Å². The van der Waals surface area contributed by atoms with Gasteiger partial charge in [-0.25, -0.2) is 0 Å². The molecule has 3 nitrogen and oxygen atoms in total. The van der Waals surface area contributed by atoms with E-state index in [1.165, 1.54) is 12.8 Å². The minimum Gasteiger partial charge on any atom is -0.495 e. The van der Waals surface area contributed by atoms with Gasteiger partial charge in [0.25, 0.3) is 0 Å². The average molecular weight is 256 g/mol. The molecule has 1 aliphatic heterocycles. The highest BCUT2D eigenvalue weighted by Crippen LogP contribution is 2.27. The third-order valence-electron chi connectivity index (χ3n) is 2.96. The van der Waals surface area contributed by atoms with Crippen molar-refractivity contribution in [1.29, 1.82) is 0 Å². The van der Waals surface area contributed by atoms with E-state index in [9.17, 15) is 0 Å². The van der Waals surface area contributed by atoms with E-state index in [4.69, 9.17) is 21.1 Å². The molecule has 0 radical (unpaired) electrons. The molecule has 17 heavy (non-hydrogen) atoms. The van der Waals surface area contributed by atoms with Gasteiger partial charge in [0.15, 0.2) is 0 Å². The first kappa shape index (κ1) is 12.5. The van der Waals surface area contributed by atoms with Crippen LogP contribution in [0.5, 0.6) is 5.75 Å². The third-order valence-corrected chi connectivity index (χ3v) is 3.26. The third kappa shape index (κ3) is 3.51. The standard InChI is InChI=1S/C13H18ClNO2/c1-16-13-6-5-10(8-12(13)14)15-9-11-4-2-3-7-17-11/h5-6,8,11,15H,2-4,7,9H2,1H3. The summed E-state index contributed by atoms with van der Waals surface area (Å²) in [5, 5.41) is 3.97. The van der Waals surface area contributed by atoms with Crippen molar-refractivity contribution in [3.05, 3.63) is 23.2 Å². The van der Waals surface area contributed by atoms with Gasteiger partial charge in [0, 0.05) is 18.8 Å². The first-order valence-electron chi connectivity index (χ1n) is 5.98. The monoisotopic (exact) mass is 255 g/mol. The molecule has 1 heterocycles. The first-order valence-corrected chi connectivity index (χ1v) is 6.36. The fourth-order valence-electron chi connectivity index (χ4n) is 1.98. The SMILES string of the molecule is COc1ccc(NCC2CCCCO2)cc1Cl. The molecule has 1 aromatic carbocycles. The molecule has 1 unspecified atom stereocenters. The molecular formula is C13H18ClNO2. The number of benzene rings is 1. The van der Waals surface area contributed by atoms with Gasteiger partial charge in [-0.05, 0) is 37.5 Å². The Bertz CT molecular complexity index is 364. The van der Waals surface area contributed by atoms with Crippen LogP contribution in [0.4, 0.5) is 5.69 Å². The van der Waals surface area contributed by atoms with E-state index in [1.807, 2.05) is 18.2 Å². The minimum absolute atomic E-state index is 0.324. The van der Waals surface area contributed by atoms with Crippen LogP contribution in [0.15, 0.2) is 18.2 Å². The van der Waals surface area contributed by atoms with Crippen LogP contribution < -0.4 is 10.1 Å². The molecule has 0 bridgehead atoms. The van der Waals surface area contributed by atoms with Crippen LogP contribution in [0, 0.1) is 0 Å². The van der Waals surface area contributed by atoms with Crippen molar-refractivity contribution in [1.82, 2.24) is 0 Å². The summed E-state index contributed by atoms with van der Waals surface area (Å²) in [5.41, 5.74) is 1.00. The maximum absolute atomic E-state index is 6.05. The topological polar surface area (TPSA) is 30.5 Å². The Balaban J connectivity index is 1.87. The molecule has 1 saturated heterocycles. The number of rotatable bonds is 4. The number of hydrogen-bond donors (Lipinski definition) is 1. The highest BCUT2D eigenvalue weighted by Gasteiger charge is 2.13. The fraction of sp³-hybridized carbons (Fsp3) is 0.538. The minimum atomic E-state index is 0.324. The molecule has 4 heteroatoms. The molecule has 94 valence electrons. The maximum Gasteiger partial charge on any atom is 0.137 e. The Kier molecular flexibility index (Phi) is 4.51. The molecule has 0 saturated carbocycles. The number of anilines is 1. The van der Waals surface area contributed by atoms with Crippen molar-refractivity contribution in [3.63, 3.8) is 0 Å². The number of halogens is 1. The lowest BCUT2D eigenvalue weighted by Crippen LogP contribution is -2.26. The van der Waals surface area contributed by atoms with Crippen molar-refractivity contribution in [2.24, 2.45) is 0 Å². The van der Waals surface area contributed by atoms with Gasteiger partial charge in [-0.1, -0.05) is 11.6 Å². The Hall–Kier alpha value is -0.930. The largest absolute Gasteiger partial charge is 0.495 e. The summed E-state index contributed by atoms with van der Waals surface area (Å²) in [6.45, 7) is 1.72. The second kappa shape index (κ2) is 6.12. The molecule has 0 aromatic heterocycles. The van der Waals surface area contributed by atoms with Crippen LogP contribution in [-0.2, 0) is 4.74 Å². The normalized spacial score (nSPS) is 20.0. The predicted octanol–water partition coefficient (Wildman–Crippen LogP) is 3.33. The van der Waals surface area contributed by atoms with Crippen LogP contribution >= 0.6 is 11.6 Å². The Morgan fingerprint density at radius 1 is 1.47 bits per heavy atom. The lowest BCUT2D eigenvalue weighted by Gasteiger charge is -2.23. The van der Waals surface area contributed by atoms with Gasteiger partial charge in [0.2, 0.25) is 0 Å². The zero-order chi connectivity index (χ0) is 12.1. The van der Waals surface area contributed by atoms with Crippen LogP contribution in [0.1, 0.15) is 19.3 Å². The molecular weight excluding hydrogens is 238 g/mol. The maximum atomic E-state index is 6.05. The number of methoxy groups -OCH3 is 1. The van der Waals surface area contributed by atoms with E-state index >= 15 is 0 Å².